The van der Waals surface area contributed by atoms with Crippen LogP contribution in [0.4, 0.5) is 5.69 Å². The molecule has 3 rings (SSSR count). The zero-order valence-corrected chi connectivity index (χ0v) is 11.9. The largest absolute Gasteiger partial charge is 0.336 e. The van der Waals surface area contributed by atoms with Gasteiger partial charge in [-0.05, 0) is 50.1 Å². The molecule has 0 spiro atoms. The molecule has 1 unspecified atom stereocenters. The lowest BCUT2D eigenvalue weighted by molar-refractivity contribution is 0.0570. The molecule has 0 radical (unpaired) electrons. The van der Waals surface area contributed by atoms with Crippen LogP contribution in [-0.4, -0.2) is 47.9 Å². The summed E-state index contributed by atoms with van der Waals surface area (Å²) >= 11 is 0. The summed E-state index contributed by atoms with van der Waals surface area (Å²) in [4.78, 5) is 17.2. The van der Waals surface area contributed by atoms with Gasteiger partial charge in [0.05, 0.1) is 0 Å². The third kappa shape index (κ3) is 2.39. The standard InChI is InChI=1S/C15H22N4O/c1-11-9-12(17-16)4-5-14(11)15(20)19-8-7-18-6-2-3-13(18)10-19/h4-5,9,13,17H,2-3,6-8,10,16H2,1H3. The maximum atomic E-state index is 12.7. The van der Waals surface area contributed by atoms with Crippen LogP contribution in [0.15, 0.2) is 18.2 Å². The number of nitrogen functional groups attached to an aromatic ring is 1. The third-order valence-corrected chi connectivity index (χ3v) is 4.50. The number of aryl methyl sites for hydroxylation is 1. The number of hydrogen-bond acceptors (Lipinski definition) is 4. The molecule has 2 fully saturated rings. The summed E-state index contributed by atoms with van der Waals surface area (Å²) in [7, 11) is 0. The number of hydrogen-bond donors (Lipinski definition) is 2. The van der Waals surface area contributed by atoms with E-state index in [1.54, 1.807) is 0 Å². The fraction of sp³-hybridized carbons (Fsp3) is 0.533. The van der Waals surface area contributed by atoms with E-state index in [1.807, 2.05) is 30.0 Å². The van der Waals surface area contributed by atoms with E-state index in [0.717, 1.165) is 36.4 Å². The second kappa shape index (κ2) is 5.42. The smallest absolute Gasteiger partial charge is 0.254 e. The van der Waals surface area contributed by atoms with Crippen molar-refractivity contribution in [2.24, 2.45) is 5.84 Å². The van der Waals surface area contributed by atoms with Crippen molar-refractivity contribution in [1.29, 1.82) is 0 Å². The van der Waals surface area contributed by atoms with E-state index in [-0.39, 0.29) is 5.91 Å². The fourth-order valence-electron chi connectivity index (χ4n) is 3.34. The topological polar surface area (TPSA) is 61.6 Å². The Hall–Kier alpha value is -1.59. The van der Waals surface area contributed by atoms with Crippen molar-refractivity contribution >= 4 is 11.6 Å². The first-order valence-corrected chi connectivity index (χ1v) is 7.29. The second-order valence-electron chi connectivity index (χ2n) is 5.76. The number of nitrogens with zero attached hydrogens (tertiary/aromatic N) is 2. The Bertz CT molecular complexity index is 517. The molecule has 108 valence electrons. The Morgan fingerprint density at radius 1 is 1.35 bits per heavy atom. The molecular weight excluding hydrogens is 252 g/mol. The van der Waals surface area contributed by atoms with Crippen molar-refractivity contribution in [3.63, 3.8) is 0 Å². The van der Waals surface area contributed by atoms with Gasteiger partial charge in [-0.25, -0.2) is 0 Å². The normalized spacial score (nSPS) is 22.7. The number of carbonyl (C=O) groups is 1. The van der Waals surface area contributed by atoms with Crippen molar-refractivity contribution < 1.29 is 4.79 Å². The number of amides is 1. The number of rotatable bonds is 2. The van der Waals surface area contributed by atoms with E-state index in [2.05, 4.69) is 10.3 Å². The monoisotopic (exact) mass is 274 g/mol. The highest BCUT2D eigenvalue weighted by atomic mass is 16.2. The van der Waals surface area contributed by atoms with Crippen LogP contribution in [0.25, 0.3) is 0 Å². The molecule has 0 saturated carbocycles. The molecule has 5 nitrogen and oxygen atoms in total. The highest BCUT2D eigenvalue weighted by molar-refractivity contribution is 5.96. The van der Waals surface area contributed by atoms with Gasteiger partial charge in [-0.15, -0.1) is 0 Å². The molecule has 2 heterocycles. The minimum Gasteiger partial charge on any atom is -0.336 e. The molecular formula is C15H22N4O. The molecule has 3 N–H and O–H groups in total. The zero-order chi connectivity index (χ0) is 14.1. The summed E-state index contributed by atoms with van der Waals surface area (Å²) in [6.45, 7) is 5.88. The Morgan fingerprint density at radius 2 is 2.20 bits per heavy atom. The van der Waals surface area contributed by atoms with Gasteiger partial charge in [0, 0.05) is 36.9 Å². The Balaban J connectivity index is 1.75. The first-order chi connectivity index (χ1) is 9.69. The molecule has 1 aromatic rings. The quantitative estimate of drug-likeness (QED) is 0.628. The molecule has 0 aromatic heterocycles. The molecule has 5 heteroatoms. The van der Waals surface area contributed by atoms with Crippen molar-refractivity contribution in [3.05, 3.63) is 29.3 Å². The van der Waals surface area contributed by atoms with Gasteiger partial charge in [0.25, 0.3) is 5.91 Å². The van der Waals surface area contributed by atoms with Gasteiger partial charge in [0.2, 0.25) is 0 Å². The molecule has 1 aromatic carbocycles. The fourth-order valence-corrected chi connectivity index (χ4v) is 3.34. The maximum absolute atomic E-state index is 12.7. The summed E-state index contributed by atoms with van der Waals surface area (Å²) in [6.07, 6.45) is 2.49. The van der Waals surface area contributed by atoms with Gasteiger partial charge in [-0.2, -0.15) is 0 Å². The molecule has 2 saturated heterocycles. The van der Waals surface area contributed by atoms with Gasteiger partial charge >= 0.3 is 0 Å². The lowest BCUT2D eigenvalue weighted by atomic mass is 10.1. The van der Waals surface area contributed by atoms with Crippen LogP contribution in [0.2, 0.25) is 0 Å². The van der Waals surface area contributed by atoms with Gasteiger partial charge in [0.1, 0.15) is 0 Å². The first kappa shape index (κ1) is 13.4. The minimum atomic E-state index is 0.151. The van der Waals surface area contributed by atoms with Crippen molar-refractivity contribution in [2.75, 3.05) is 31.6 Å². The summed E-state index contributed by atoms with van der Waals surface area (Å²) < 4.78 is 0. The van der Waals surface area contributed by atoms with Crippen molar-refractivity contribution in [1.82, 2.24) is 9.80 Å². The summed E-state index contributed by atoms with van der Waals surface area (Å²) in [5.74, 6) is 5.55. The van der Waals surface area contributed by atoms with Gasteiger partial charge < -0.3 is 10.3 Å². The molecule has 2 aliphatic heterocycles. The third-order valence-electron chi connectivity index (χ3n) is 4.50. The highest BCUT2D eigenvalue weighted by Crippen LogP contribution is 2.23. The maximum Gasteiger partial charge on any atom is 0.254 e. The van der Waals surface area contributed by atoms with E-state index in [1.165, 1.54) is 19.4 Å². The van der Waals surface area contributed by atoms with Crippen LogP contribution < -0.4 is 11.3 Å². The lowest BCUT2D eigenvalue weighted by Gasteiger charge is -2.37. The van der Waals surface area contributed by atoms with Crippen LogP contribution in [-0.2, 0) is 0 Å². The van der Waals surface area contributed by atoms with Crippen LogP contribution in [0.3, 0.4) is 0 Å². The SMILES string of the molecule is Cc1cc(NN)ccc1C(=O)N1CCN2CCCC2C1. The van der Waals surface area contributed by atoms with E-state index in [4.69, 9.17) is 5.84 Å². The highest BCUT2D eigenvalue weighted by Gasteiger charge is 2.32. The van der Waals surface area contributed by atoms with Crippen LogP contribution in [0, 0.1) is 6.92 Å². The number of nitrogens with one attached hydrogen (secondary N) is 1. The van der Waals surface area contributed by atoms with Gasteiger partial charge in [-0.1, -0.05) is 0 Å². The number of anilines is 1. The Kier molecular flexibility index (Phi) is 3.63. The van der Waals surface area contributed by atoms with E-state index in [0.29, 0.717) is 6.04 Å². The second-order valence-corrected chi connectivity index (χ2v) is 5.76. The number of carbonyl (C=O) groups excluding carboxylic acids is 1. The predicted octanol–water partition coefficient (Wildman–Crippen LogP) is 1.20. The molecule has 2 aliphatic rings. The molecule has 0 aliphatic carbocycles. The molecule has 1 atom stereocenters. The Labute approximate surface area is 119 Å². The average Bonchev–Trinajstić information content (AvgIpc) is 2.93. The summed E-state index contributed by atoms with van der Waals surface area (Å²) in [5.41, 5.74) is 5.20. The number of nitrogens with two attached hydrogens (primary N) is 1. The number of benzene rings is 1. The van der Waals surface area contributed by atoms with Crippen molar-refractivity contribution in [2.45, 2.75) is 25.8 Å². The molecule has 20 heavy (non-hydrogen) atoms. The number of piperazine rings is 1. The van der Waals surface area contributed by atoms with E-state index in [9.17, 15) is 4.79 Å². The minimum absolute atomic E-state index is 0.151. The van der Waals surface area contributed by atoms with E-state index >= 15 is 0 Å². The van der Waals surface area contributed by atoms with Crippen LogP contribution >= 0.6 is 0 Å². The molecule has 0 bridgehead atoms. The average molecular weight is 274 g/mol. The van der Waals surface area contributed by atoms with Crippen LogP contribution in [0.1, 0.15) is 28.8 Å². The number of hydrazine groups is 1. The zero-order valence-electron chi connectivity index (χ0n) is 11.9. The summed E-state index contributed by atoms with van der Waals surface area (Å²) in [6, 6.07) is 6.21. The predicted molar refractivity (Wildman–Crippen MR) is 79.5 cm³/mol. The summed E-state index contributed by atoms with van der Waals surface area (Å²) in [5, 5.41) is 0. The van der Waals surface area contributed by atoms with Gasteiger partial charge in [-0.3, -0.25) is 15.5 Å². The first-order valence-electron chi connectivity index (χ1n) is 7.29. The van der Waals surface area contributed by atoms with E-state index < -0.39 is 0 Å². The lowest BCUT2D eigenvalue weighted by Crippen LogP contribution is -2.52. The molecule has 1 amide bonds. The van der Waals surface area contributed by atoms with Crippen LogP contribution in [0.5, 0.6) is 0 Å². The Morgan fingerprint density at radius 3 is 2.95 bits per heavy atom. The van der Waals surface area contributed by atoms with Gasteiger partial charge in [0.15, 0.2) is 0 Å². The number of fused-ring (bicyclic) bond motifs is 1. The van der Waals surface area contributed by atoms with Crippen molar-refractivity contribution in [3.8, 4) is 0 Å².